The summed E-state index contributed by atoms with van der Waals surface area (Å²) in [6.45, 7) is 3.96. The van der Waals surface area contributed by atoms with Crippen LogP contribution >= 0.6 is 0 Å². The molecule has 0 saturated carbocycles. The number of amides is 2. The summed E-state index contributed by atoms with van der Waals surface area (Å²) in [6.07, 6.45) is -4.40. The molecule has 0 fully saturated rings. The maximum atomic E-state index is 12.7. The second-order valence-corrected chi connectivity index (χ2v) is 5.66. The average Bonchev–Trinajstić information content (AvgIpc) is 2.53. The van der Waals surface area contributed by atoms with E-state index in [1.54, 1.807) is 13.0 Å². The van der Waals surface area contributed by atoms with Gasteiger partial charge in [0.25, 0.3) is 0 Å². The fourth-order valence-electron chi connectivity index (χ4n) is 2.20. The Morgan fingerprint density at radius 2 is 1.79 bits per heavy atom. The lowest BCUT2D eigenvalue weighted by Crippen LogP contribution is -2.36. The van der Waals surface area contributed by atoms with E-state index in [1.807, 2.05) is 31.2 Å². The van der Waals surface area contributed by atoms with Gasteiger partial charge in [0.1, 0.15) is 0 Å². The normalized spacial score (nSPS) is 12.5. The molecule has 0 heterocycles. The third kappa shape index (κ3) is 5.01. The van der Waals surface area contributed by atoms with Gasteiger partial charge in [0, 0.05) is 6.54 Å². The fourth-order valence-corrected chi connectivity index (χ4v) is 2.20. The lowest BCUT2D eigenvalue weighted by molar-refractivity contribution is -0.137. The molecule has 2 rings (SSSR count). The van der Waals surface area contributed by atoms with Gasteiger partial charge in [0.15, 0.2) is 0 Å². The molecule has 2 aromatic carbocycles. The first-order valence-corrected chi connectivity index (χ1v) is 7.53. The maximum absolute atomic E-state index is 12.7. The quantitative estimate of drug-likeness (QED) is 0.843. The van der Waals surface area contributed by atoms with Crippen LogP contribution in [0.4, 0.5) is 18.0 Å². The molecule has 2 N–H and O–H groups in total. The second-order valence-electron chi connectivity index (χ2n) is 5.66. The minimum atomic E-state index is -4.40. The SMILES string of the molecule is Cc1ccc(CNC(=O)N[C@@H](C)c2cccc(C(F)(F)F)c2)cc1. The summed E-state index contributed by atoms with van der Waals surface area (Å²) in [5.41, 5.74) is 1.74. The molecule has 3 nitrogen and oxygen atoms in total. The zero-order valence-corrected chi connectivity index (χ0v) is 13.4. The Morgan fingerprint density at radius 3 is 2.42 bits per heavy atom. The number of hydrogen-bond acceptors (Lipinski definition) is 1. The molecule has 24 heavy (non-hydrogen) atoms. The molecule has 0 aliphatic rings. The number of carbonyl (C=O) groups is 1. The Kier molecular flexibility index (Phi) is 5.49. The number of benzene rings is 2. The molecule has 0 unspecified atom stereocenters. The van der Waals surface area contributed by atoms with Crippen LogP contribution in [0.3, 0.4) is 0 Å². The molecular formula is C18H19F3N2O. The van der Waals surface area contributed by atoms with Gasteiger partial charge < -0.3 is 10.6 Å². The highest BCUT2D eigenvalue weighted by Gasteiger charge is 2.30. The van der Waals surface area contributed by atoms with Gasteiger partial charge in [-0.1, -0.05) is 42.0 Å². The predicted molar refractivity (Wildman–Crippen MR) is 86.4 cm³/mol. The van der Waals surface area contributed by atoms with E-state index < -0.39 is 23.8 Å². The Hall–Kier alpha value is -2.50. The van der Waals surface area contributed by atoms with E-state index >= 15 is 0 Å². The standard InChI is InChI=1S/C18H19F3N2O/c1-12-6-8-14(9-7-12)11-22-17(24)23-13(2)15-4-3-5-16(10-15)18(19,20)21/h3-10,13H,11H2,1-2H3,(H2,22,23,24)/t13-/m0/s1. The first-order valence-electron chi connectivity index (χ1n) is 7.53. The molecule has 128 valence electrons. The van der Waals surface area contributed by atoms with Crippen LogP contribution < -0.4 is 10.6 Å². The number of carbonyl (C=O) groups excluding carboxylic acids is 1. The third-order valence-electron chi connectivity index (χ3n) is 3.64. The van der Waals surface area contributed by atoms with Gasteiger partial charge in [0.2, 0.25) is 0 Å². The number of halogens is 3. The smallest absolute Gasteiger partial charge is 0.334 e. The Morgan fingerprint density at radius 1 is 1.12 bits per heavy atom. The molecular weight excluding hydrogens is 317 g/mol. The van der Waals surface area contributed by atoms with Gasteiger partial charge in [-0.05, 0) is 37.1 Å². The highest BCUT2D eigenvalue weighted by atomic mass is 19.4. The van der Waals surface area contributed by atoms with Crippen LogP contribution in [0.2, 0.25) is 0 Å². The zero-order valence-electron chi connectivity index (χ0n) is 13.4. The van der Waals surface area contributed by atoms with E-state index in [4.69, 9.17) is 0 Å². The van der Waals surface area contributed by atoms with E-state index in [2.05, 4.69) is 10.6 Å². The average molecular weight is 336 g/mol. The first-order chi connectivity index (χ1) is 11.3. The molecule has 2 aromatic rings. The largest absolute Gasteiger partial charge is 0.416 e. The summed E-state index contributed by atoms with van der Waals surface area (Å²) in [5, 5.41) is 5.33. The van der Waals surface area contributed by atoms with E-state index in [0.717, 1.165) is 23.3 Å². The summed E-state index contributed by atoms with van der Waals surface area (Å²) < 4.78 is 38.2. The lowest BCUT2D eigenvalue weighted by Gasteiger charge is -2.17. The van der Waals surface area contributed by atoms with Gasteiger partial charge in [-0.3, -0.25) is 0 Å². The van der Waals surface area contributed by atoms with Crippen molar-refractivity contribution >= 4 is 6.03 Å². The van der Waals surface area contributed by atoms with Crippen molar-refractivity contribution in [3.05, 3.63) is 70.8 Å². The summed E-state index contributed by atoms with van der Waals surface area (Å²) in [5.74, 6) is 0. The molecule has 6 heteroatoms. The van der Waals surface area contributed by atoms with Gasteiger partial charge in [-0.25, -0.2) is 4.79 Å². The number of nitrogens with one attached hydrogen (secondary N) is 2. The molecule has 0 aliphatic carbocycles. The van der Waals surface area contributed by atoms with Crippen LogP contribution in [-0.4, -0.2) is 6.03 Å². The summed E-state index contributed by atoms with van der Waals surface area (Å²) >= 11 is 0. The Bertz CT molecular complexity index is 696. The van der Waals surface area contributed by atoms with E-state index in [0.29, 0.717) is 12.1 Å². The van der Waals surface area contributed by atoms with Crippen molar-refractivity contribution in [1.82, 2.24) is 10.6 Å². The molecule has 0 aliphatic heterocycles. The molecule has 0 saturated heterocycles. The van der Waals surface area contributed by atoms with Gasteiger partial charge in [0.05, 0.1) is 11.6 Å². The minimum absolute atomic E-state index is 0.349. The number of hydrogen-bond donors (Lipinski definition) is 2. The highest BCUT2D eigenvalue weighted by molar-refractivity contribution is 5.74. The summed E-state index contributed by atoms with van der Waals surface area (Å²) in [6, 6.07) is 11.7. The monoisotopic (exact) mass is 336 g/mol. The van der Waals surface area contributed by atoms with Crippen molar-refractivity contribution in [2.75, 3.05) is 0 Å². The molecule has 1 atom stereocenters. The fraction of sp³-hybridized carbons (Fsp3) is 0.278. The van der Waals surface area contributed by atoms with Crippen molar-refractivity contribution in [3.8, 4) is 0 Å². The maximum Gasteiger partial charge on any atom is 0.416 e. The van der Waals surface area contributed by atoms with Crippen LogP contribution in [0.1, 0.15) is 35.2 Å². The van der Waals surface area contributed by atoms with E-state index in [-0.39, 0.29) is 0 Å². The van der Waals surface area contributed by atoms with Crippen molar-refractivity contribution in [2.24, 2.45) is 0 Å². The molecule has 0 spiro atoms. The third-order valence-corrected chi connectivity index (χ3v) is 3.64. The van der Waals surface area contributed by atoms with Crippen LogP contribution in [0.5, 0.6) is 0 Å². The van der Waals surface area contributed by atoms with Crippen LogP contribution in [-0.2, 0) is 12.7 Å². The number of rotatable bonds is 4. The Labute approximate surface area is 138 Å². The molecule has 0 radical (unpaired) electrons. The zero-order chi connectivity index (χ0) is 17.7. The summed E-state index contributed by atoms with van der Waals surface area (Å²) in [4.78, 5) is 11.9. The first kappa shape index (κ1) is 17.8. The van der Waals surface area contributed by atoms with Crippen molar-refractivity contribution in [1.29, 1.82) is 0 Å². The van der Waals surface area contributed by atoms with Crippen LogP contribution in [0.25, 0.3) is 0 Å². The molecule has 0 aromatic heterocycles. The highest BCUT2D eigenvalue weighted by Crippen LogP contribution is 2.30. The van der Waals surface area contributed by atoms with Gasteiger partial charge >= 0.3 is 12.2 Å². The number of urea groups is 1. The van der Waals surface area contributed by atoms with Crippen molar-refractivity contribution < 1.29 is 18.0 Å². The number of alkyl halides is 3. The second kappa shape index (κ2) is 7.38. The van der Waals surface area contributed by atoms with Gasteiger partial charge in [-0.2, -0.15) is 13.2 Å². The minimum Gasteiger partial charge on any atom is -0.334 e. The van der Waals surface area contributed by atoms with Gasteiger partial charge in [-0.15, -0.1) is 0 Å². The van der Waals surface area contributed by atoms with Crippen LogP contribution in [0, 0.1) is 6.92 Å². The molecule has 2 amide bonds. The molecule has 0 bridgehead atoms. The van der Waals surface area contributed by atoms with Crippen molar-refractivity contribution in [3.63, 3.8) is 0 Å². The summed E-state index contributed by atoms with van der Waals surface area (Å²) in [7, 11) is 0. The van der Waals surface area contributed by atoms with Crippen LogP contribution in [0.15, 0.2) is 48.5 Å². The lowest BCUT2D eigenvalue weighted by atomic mass is 10.1. The topological polar surface area (TPSA) is 41.1 Å². The van der Waals surface area contributed by atoms with Crippen molar-refractivity contribution in [2.45, 2.75) is 32.6 Å². The predicted octanol–water partition coefficient (Wildman–Crippen LogP) is 4.57. The van der Waals surface area contributed by atoms with E-state index in [1.165, 1.54) is 6.07 Å². The number of aryl methyl sites for hydroxylation is 1. The van der Waals surface area contributed by atoms with E-state index in [9.17, 15) is 18.0 Å². The Balaban J connectivity index is 1.92.